The van der Waals surface area contributed by atoms with Crippen molar-refractivity contribution in [2.45, 2.75) is 0 Å². The van der Waals surface area contributed by atoms with Crippen LogP contribution in [0.5, 0.6) is 5.75 Å². The van der Waals surface area contributed by atoms with E-state index in [1.807, 2.05) is 0 Å². The Kier molecular flexibility index (Phi) is 3.21. The van der Waals surface area contributed by atoms with E-state index in [0.29, 0.717) is 4.47 Å². The number of pyridine rings is 1. The summed E-state index contributed by atoms with van der Waals surface area (Å²) in [7, 11) is 1.41. The Balaban J connectivity index is 2.78. The normalized spacial score (nSPS) is 10.7. The second-order valence-electron chi connectivity index (χ2n) is 3.72. The van der Waals surface area contributed by atoms with E-state index in [1.54, 1.807) is 0 Å². The molecule has 18 heavy (non-hydrogen) atoms. The molecule has 0 saturated carbocycles. The van der Waals surface area contributed by atoms with Gasteiger partial charge in [0, 0.05) is 19.2 Å². The lowest BCUT2D eigenvalue weighted by Crippen LogP contribution is -2.19. The van der Waals surface area contributed by atoms with E-state index in [1.165, 1.54) is 19.2 Å². The molecule has 0 radical (unpaired) electrons. The standard InChI is InChI=1S/C12H8BrF2NO2/c1-16-10(3-2-7(13)12(16)18)11-8(14)4-6(17)5-9(11)15/h2-5,17H,1H3. The van der Waals surface area contributed by atoms with Gasteiger partial charge >= 0.3 is 0 Å². The topological polar surface area (TPSA) is 42.2 Å². The molecule has 0 fully saturated rings. The molecule has 3 nitrogen and oxygen atoms in total. The highest BCUT2D eigenvalue weighted by atomic mass is 79.9. The van der Waals surface area contributed by atoms with E-state index in [2.05, 4.69) is 15.9 Å². The van der Waals surface area contributed by atoms with Gasteiger partial charge in [0.15, 0.2) is 0 Å². The number of aromatic hydroxyl groups is 1. The maximum absolute atomic E-state index is 13.7. The first-order chi connectivity index (χ1) is 8.41. The lowest BCUT2D eigenvalue weighted by molar-refractivity contribution is 0.461. The Labute approximate surface area is 109 Å². The van der Waals surface area contributed by atoms with Crippen LogP contribution in [-0.2, 0) is 7.05 Å². The summed E-state index contributed by atoms with van der Waals surface area (Å²) < 4.78 is 28.8. The number of hydrogen-bond acceptors (Lipinski definition) is 2. The second-order valence-corrected chi connectivity index (χ2v) is 4.57. The van der Waals surface area contributed by atoms with E-state index in [4.69, 9.17) is 5.11 Å². The lowest BCUT2D eigenvalue weighted by Gasteiger charge is -2.11. The zero-order chi connectivity index (χ0) is 13.4. The molecule has 0 atom stereocenters. The molecule has 0 spiro atoms. The third-order valence-electron chi connectivity index (χ3n) is 2.54. The molecule has 0 unspecified atom stereocenters. The summed E-state index contributed by atoms with van der Waals surface area (Å²) in [6, 6.07) is 4.43. The highest BCUT2D eigenvalue weighted by molar-refractivity contribution is 9.10. The van der Waals surface area contributed by atoms with Crippen molar-refractivity contribution in [2.75, 3.05) is 0 Å². The highest BCUT2D eigenvalue weighted by Gasteiger charge is 2.16. The van der Waals surface area contributed by atoms with Crippen LogP contribution in [0.25, 0.3) is 11.3 Å². The molecule has 94 valence electrons. The average Bonchev–Trinajstić information content (AvgIpc) is 2.28. The summed E-state index contributed by atoms with van der Waals surface area (Å²) in [5.74, 6) is -2.36. The Bertz CT molecular complexity index is 659. The minimum absolute atomic E-state index is 0.0956. The van der Waals surface area contributed by atoms with Gasteiger partial charge in [-0.1, -0.05) is 0 Å². The number of nitrogens with zero attached hydrogens (tertiary/aromatic N) is 1. The van der Waals surface area contributed by atoms with Crippen molar-refractivity contribution in [3.05, 3.63) is 50.7 Å². The molecule has 1 N–H and O–H groups in total. The van der Waals surface area contributed by atoms with Crippen molar-refractivity contribution in [3.63, 3.8) is 0 Å². The summed E-state index contributed by atoms with van der Waals surface area (Å²) in [5.41, 5.74) is -0.655. The fourth-order valence-electron chi connectivity index (χ4n) is 1.66. The van der Waals surface area contributed by atoms with Gasteiger partial charge in [-0.25, -0.2) is 8.78 Å². The van der Waals surface area contributed by atoms with Crippen LogP contribution in [0.15, 0.2) is 33.5 Å². The molecule has 6 heteroatoms. The Morgan fingerprint density at radius 3 is 2.33 bits per heavy atom. The third kappa shape index (κ3) is 2.03. The fourth-order valence-corrected chi connectivity index (χ4v) is 2.06. The van der Waals surface area contributed by atoms with Crippen molar-refractivity contribution < 1.29 is 13.9 Å². The number of phenols is 1. The number of rotatable bonds is 1. The van der Waals surface area contributed by atoms with Gasteiger partial charge in [-0.05, 0) is 28.1 Å². The first-order valence-corrected chi connectivity index (χ1v) is 5.75. The minimum Gasteiger partial charge on any atom is -0.508 e. The molecular formula is C12H8BrF2NO2. The summed E-state index contributed by atoms with van der Waals surface area (Å²) in [6.07, 6.45) is 0. The SMILES string of the molecule is Cn1c(-c2c(F)cc(O)cc2F)ccc(Br)c1=O. The molecule has 0 saturated heterocycles. The quantitative estimate of drug-likeness (QED) is 0.879. The van der Waals surface area contributed by atoms with Gasteiger partial charge < -0.3 is 9.67 Å². The molecule has 2 aromatic rings. The zero-order valence-corrected chi connectivity index (χ0v) is 10.8. The van der Waals surface area contributed by atoms with Crippen molar-refractivity contribution in [2.24, 2.45) is 7.05 Å². The number of phenolic OH excluding ortho intramolecular Hbond substituents is 1. The van der Waals surface area contributed by atoms with Gasteiger partial charge in [-0.2, -0.15) is 0 Å². The highest BCUT2D eigenvalue weighted by Crippen LogP contribution is 2.28. The first kappa shape index (κ1) is 12.8. The van der Waals surface area contributed by atoms with E-state index < -0.39 is 22.9 Å². The monoisotopic (exact) mass is 315 g/mol. The molecule has 1 aromatic carbocycles. The molecule has 0 aliphatic heterocycles. The van der Waals surface area contributed by atoms with Gasteiger partial charge in [0.25, 0.3) is 5.56 Å². The average molecular weight is 316 g/mol. The number of benzene rings is 1. The molecule has 1 heterocycles. The van der Waals surface area contributed by atoms with E-state index in [9.17, 15) is 13.6 Å². The maximum Gasteiger partial charge on any atom is 0.265 e. The van der Waals surface area contributed by atoms with Gasteiger partial charge in [-0.15, -0.1) is 0 Å². The van der Waals surface area contributed by atoms with Gasteiger partial charge in [0.2, 0.25) is 0 Å². The molecule has 0 aliphatic carbocycles. The summed E-state index contributed by atoms with van der Waals surface area (Å²) in [6.45, 7) is 0. The largest absolute Gasteiger partial charge is 0.508 e. The van der Waals surface area contributed by atoms with Crippen LogP contribution < -0.4 is 5.56 Å². The summed E-state index contributed by atoms with van der Waals surface area (Å²) in [5, 5.41) is 9.08. The van der Waals surface area contributed by atoms with Gasteiger partial charge in [-0.3, -0.25) is 4.79 Å². The number of halogens is 3. The van der Waals surface area contributed by atoms with Crippen LogP contribution in [0.2, 0.25) is 0 Å². The summed E-state index contributed by atoms with van der Waals surface area (Å²) in [4.78, 5) is 11.7. The minimum atomic E-state index is -0.926. The second kappa shape index (κ2) is 4.53. The molecule has 0 amide bonds. The molecule has 0 aliphatic rings. The van der Waals surface area contributed by atoms with Crippen LogP contribution >= 0.6 is 15.9 Å². The van der Waals surface area contributed by atoms with Gasteiger partial charge in [0.05, 0.1) is 15.7 Å². The Morgan fingerprint density at radius 2 is 1.78 bits per heavy atom. The van der Waals surface area contributed by atoms with Crippen molar-refractivity contribution in [1.29, 1.82) is 0 Å². The summed E-state index contributed by atoms with van der Waals surface area (Å²) >= 11 is 3.04. The zero-order valence-electron chi connectivity index (χ0n) is 9.25. The van der Waals surface area contributed by atoms with Crippen LogP contribution in [-0.4, -0.2) is 9.67 Å². The van der Waals surface area contributed by atoms with E-state index in [-0.39, 0.29) is 11.3 Å². The van der Waals surface area contributed by atoms with Crippen molar-refractivity contribution in [1.82, 2.24) is 4.57 Å². The number of aromatic nitrogens is 1. The molecule has 2 rings (SSSR count). The van der Waals surface area contributed by atoms with E-state index >= 15 is 0 Å². The van der Waals surface area contributed by atoms with Gasteiger partial charge in [0.1, 0.15) is 17.4 Å². The lowest BCUT2D eigenvalue weighted by atomic mass is 10.1. The molecule has 1 aromatic heterocycles. The predicted molar refractivity (Wildman–Crippen MR) is 66.4 cm³/mol. The van der Waals surface area contributed by atoms with Crippen molar-refractivity contribution in [3.8, 4) is 17.0 Å². The molecule has 0 bridgehead atoms. The van der Waals surface area contributed by atoms with Crippen LogP contribution in [0.1, 0.15) is 0 Å². The third-order valence-corrected chi connectivity index (χ3v) is 3.14. The molecular weight excluding hydrogens is 308 g/mol. The smallest absolute Gasteiger partial charge is 0.265 e. The van der Waals surface area contributed by atoms with E-state index in [0.717, 1.165) is 16.7 Å². The fraction of sp³-hybridized carbons (Fsp3) is 0.0833. The first-order valence-electron chi connectivity index (χ1n) is 4.95. The Morgan fingerprint density at radius 1 is 1.22 bits per heavy atom. The van der Waals surface area contributed by atoms with Crippen molar-refractivity contribution >= 4 is 15.9 Å². The van der Waals surface area contributed by atoms with Crippen LogP contribution in [0, 0.1) is 11.6 Å². The maximum atomic E-state index is 13.7. The van der Waals surface area contributed by atoms with Crippen LogP contribution in [0.4, 0.5) is 8.78 Å². The Hall–Kier alpha value is -1.69. The number of hydrogen-bond donors (Lipinski definition) is 1. The van der Waals surface area contributed by atoms with Crippen LogP contribution in [0.3, 0.4) is 0 Å². The predicted octanol–water partition coefficient (Wildman–Crippen LogP) is 2.80.